The first-order chi connectivity index (χ1) is 13.5. The Hall–Kier alpha value is -2.89. The number of pyridine rings is 1. The maximum atomic E-state index is 12.1. The summed E-state index contributed by atoms with van der Waals surface area (Å²) >= 11 is 0. The summed E-state index contributed by atoms with van der Waals surface area (Å²) in [4.78, 5) is 42.6. The topological polar surface area (TPSA) is 103 Å². The summed E-state index contributed by atoms with van der Waals surface area (Å²) in [6.07, 6.45) is -3.41. The molecule has 0 aromatic carbocycles. The predicted octanol–water partition coefficient (Wildman–Crippen LogP) is 0.219. The van der Waals surface area contributed by atoms with E-state index in [-0.39, 0.29) is 37.1 Å². The molecule has 3 heterocycles. The van der Waals surface area contributed by atoms with Crippen LogP contribution in [0.5, 0.6) is 0 Å². The highest BCUT2D eigenvalue weighted by Crippen LogP contribution is 2.26. The Kier molecular flexibility index (Phi) is 7.01. The van der Waals surface area contributed by atoms with Crippen LogP contribution in [0, 0.1) is 0 Å². The van der Waals surface area contributed by atoms with Crippen molar-refractivity contribution in [2.75, 3.05) is 45.2 Å². The van der Waals surface area contributed by atoms with Gasteiger partial charge in [-0.15, -0.1) is 0 Å². The number of hydrogen-bond acceptors (Lipinski definition) is 6. The number of carbonyl (C=O) groups excluding carboxylic acids is 2. The average Bonchev–Trinajstić information content (AvgIpc) is 3.09. The molecule has 1 aromatic rings. The second-order valence-corrected chi connectivity index (χ2v) is 6.62. The van der Waals surface area contributed by atoms with Crippen LogP contribution in [0.2, 0.25) is 0 Å². The standard InChI is InChI=1S/C15H20N4O3.C2HF3O2/c1-17(2)14(20)9-19-11-7-18(13-5-3-4-6-16-13)8-12(11)22-10-15(19)21;3-2(4,5)1(6)7/h3-6,11-12H,7-10H2,1-2H3;(H,6,7)/t11-,12-;/m1./s1. The van der Waals surface area contributed by atoms with Crippen molar-refractivity contribution in [2.24, 2.45) is 0 Å². The van der Waals surface area contributed by atoms with Crippen LogP contribution in [-0.2, 0) is 19.1 Å². The van der Waals surface area contributed by atoms with Crippen LogP contribution in [0.3, 0.4) is 0 Å². The Morgan fingerprint density at radius 2 is 1.97 bits per heavy atom. The lowest BCUT2D eigenvalue weighted by Crippen LogP contribution is -2.56. The maximum absolute atomic E-state index is 12.1. The molecule has 0 saturated carbocycles. The molecule has 0 bridgehead atoms. The van der Waals surface area contributed by atoms with Crippen molar-refractivity contribution in [3.8, 4) is 0 Å². The molecule has 12 heteroatoms. The molecule has 0 unspecified atom stereocenters. The zero-order valence-corrected chi connectivity index (χ0v) is 15.8. The van der Waals surface area contributed by atoms with E-state index in [4.69, 9.17) is 14.6 Å². The van der Waals surface area contributed by atoms with Crippen LogP contribution in [0.4, 0.5) is 19.0 Å². The molecule has 2 fully saturated rings. The lowest BCUT2D eigenvalue weighted by atomic mass is 10.1. The molecule has 0 aliphatic carbocycles. The molecule has 2 saturated heterocycles. The number of rotatable bonds is 3. The van der Waals surface area contributed by atoms with Crippen LogP contribution in [-0.4, -0.2) is 96.3 Å². The van der Waals surface area contributed by atoms with Crippen molar-refractivity contribution < 1.29 is 37.4 Å². The van der Waals surface area contributed by atoms with Crippen molar-refractivity contribution in [1.29, 1.82) is 0 Å². The minimum atomic E-state index is -5.08. The molecular weight excluding hydrogens is 397 g/mol. The van der Waals surface area contributed by atoms with E-state index in [9.17, 15) is 22.8 Å². The second-order valence-electron chi connectivity index (χ2n) is 6.62. The highest BCUT2D eigenvalue weighted by Gasteiger charge is 2.44. The number of hydrogen-bond donors (Lipinski definition) is 1. The molecule has 160 valence electrons. The Morgan fingerprint density at radius 3 is 2.48 bits per heavy atom. The predicted molar refractivity (Wildman–Crippen MR) is 94.1 cm³/mol. The van der Waals surface area contributed by atoms with Gasteiger partial charge in [-0.2, -0.15) is 13.2 Å². The molecule has 1 N–H and O–H groups in total. The van der Waals surface area contributed by atoms with E-state index in [2.05, 4.69) is 9.88 Å². The van der Waals surface area contributed by atoms with Crippen LogP contribution >= 0.6 is 0 Å². The number of aromatic nitrogens is 1. The number of ether oxygens (including phenoxy) is 1. The Balaban J connectivity index is 0.000000370. The van der Waals surface area contributed by atoms with Gasteiger partial charge in [-0.3, -0.25) is 9.59 Å². The molecule has 0 spiro atoms. The van der Waals surface area contributed by atoms with Crippen LogP contribution in [0.15, 0.2) is 24.4 Å². The highest BCUT2D eigenvalue weighted by molar-refractivity contribution is 5.86. The molecule has 2 atom stereocenters. The number of carboxylic acid groups (broad SMARTS) is 1. The SMILES string of the molecule is CN(C)C(=O)CN1C(=O)CO[C@@H]2CN(c3ccccn3)C[C@H]21.O=C(O)C(F)(F)F. The normalized spacial score (nSPS) is 21.2. The number of halogens is 3. The first-order valence-corrected chi connectivity index (χ1v) is 8.58. The smallest absolute Gasteiger partial charge is 0.475 e. The van der Waals surface area contributed by atoms with Crippen molar-refractivity contribution in [3.63, 3.8) is 0 Å². The minimum absolute atomic E-state index is 0.0396. The third-order valence-electron chi connectivity index (χ3n) is 4.40. The largest absolute Gasteiger partial charge is 0.490 e. The number of nitrogens with zero attached hydrogens (tertiary/aromatic N) is 4. The fraction of sp³-hybridized carbons (Fsp3) is 0.529. The van der Waals surface area contributed by atoms with E-state index in [0.717, 1.165) is 5.82 Å². The quantitative estimate of drug-likeness (QED) is 0.749. The van der Waals surface area contributed by atoms with Gasteiger partial charge in [0.2, 0.25) is 11.8 Å². The van der Waals surface area contributed by atoms with Gasteiger partial charge in [0.25, 0.3) is 0 Å². The lowest BCUT2D eigenvalue weighted by Gasteiger charge is -2.36. The number of carbonyl (C=O) groups is 3. The number of fused-ring (bicyclic) bond motifs is 1. The molecule has 3 rings (SSSR count). The van der Waals surface area contributed by atoms with E-state index in [1.54, 1.807) is 25.2 Å². The van der Waals surface area contributed by atoms with E-state index >= 15 is 0 Å². The van der Waals surface area contributed by atoms with Gasteiger partial charge in [0.15, 0.2) is 0 Å². The van der Waals surface area contributed by atoms with Gasteiger partial charge in [0.1, 0.15) is 19.0 Å². The zero-order valence-electron chi connectivity index (χ0n) is 15.8. The Morgan fingerprint density at radius 1 is 1.31 bits per heavy atom. The summed E-state index contributed by atoms with van der Waals surface area (Å²) in [5.41, 5.74) is 0. The van der Waals surface area contributed by atoms with Crippen molar-refractivity contribution >= 4 is 23.6 Å². The van der Waals surface area contributed by atoms with Crippen LogP contribution in [0.25, 0.3) is 0 Å². The highest BCUT2D eigenvalue weighted by atomic mass is 19.4. The van der Waals surface area contributed by atoms with Gasteiger partial charge >= 0.3 is 12.1 Å². The number of aliphatic carboxylic acids is 1. The van der Waals surface area contributed by atoms with Gasteiger partial charge in [0.05, 0.1) is 12.1 Å². The van der Waals surface area contributed by atoms with Gasteiger partial charge in [-0.25, -0.2) is 9.78 Å². The summed E-state index contributed by atoms with van der Waals surface area (Å²) in [5, 5.41) is 7.12. The first kappa shape index (κ1) is 22.4. The number of anilines is 1. The molecule has 2 aliphatic rings. The summed E-state index contributed by atoms with van der Waals surface area (Å²) in [7, 11) is 3.39. The van der Waals surface area contributed by atoms with E-state index in [1.165, 1.54) is 4.90 Å². The molecule has 0 radical (unpaired) electrons. The monoisotopic (exact) mass is 418 g/mol. The maximum Gasteiger partial charge on any atom is 0.490 e. The summed E-state index contributed by atoms with van der Waals surface area (Å²) in [6, 6.07) is 5.64. The fourth-order valence-corrected chi connectivity index (χ4v) is 2.89. The summed E-state index contributed by atoms with van der Waals surface area (Å²) in [6.45, 7) is 1.46. The van der Waals surface area contributed by atoms with Gasteiger partial charge in [-0.05, 0) is 12.1 Å². The third-order valence-corrected chi connectivity index (χ3v) is 4.40. The number of alkyl halides is 3. The van der Waals surface area contributed by atoms with Crippen molar-refractivity contribution in [1.82, 2.24) is 14.8 Å². The number of amides is 2. The molecule has 2 aliphatic heterocycles. The van der Waals surface area contributed by atoms with Crippen molar-refractivity contribution in [2.45, 2.75) is 18.3 Å². The molecule has 29 heavy (non-hydrogen) atoms. The summed E-state index contributed by atoms with van der Waals surface area (Å²) < 4.78 is 37.4. The Bertz CT molecular complexity index is 744. The van der Waals surface area contributed by atoms with E-state index in [0.29, 0.717) is 13.1 Å². The number of likely N-dealkylation sites (N-methyl/N-ethyl adjacent to an activating group) is 1. The molecular formula is C17H21F3N4O5. The van der Waals surface area contributed by atoms with Gasteiger partial charge < -0.3 is 24.5 Å². The lowest BCUT2D eigenvalue weighted by molar-refractivity contribution is -0.192. The molecule has 2 amide bonds. The van der Waals surface area contributed by atoms with Crippen LogP contribution in [0.1, 0.15) is 0 Å². The number of morpholine rings is 1. The Labute approximate surface area is 164 Å². The second kappa shape index (κ2) is 9.07. The zero-order chi connectivity index (χ0) is 21.8. The third kappa shape index (κ3) is 5.79. The molecule has 9 nitrogen and oxygen atoms in total. The van der Waals surface area contributed by atoms with Crippen molar-refractivity contribution in [3.05, 3.63) is 24.4 Å². The number of carboxylic acids is 1. The fourth-order valence-electron chi connectivity index (χ4n) is 2.89. The van der Waals surface area contributed by atoms with Crippen LogP contribution < -0.4 is 4.90 Å². The van der Waals surface area contributed by atoms with Gasteiger partial charge in [-0.1, -0.05) is 6.07 Å². The first-order valence-electron chi connectivity index (χ1n) is 8.58. The van der Waals surface area contributed by atoms with E-state index < -0.39 is 12.1 Å². The average molecular weight is 418 g/mol. The summed E-state index contributed by atoms with van der Waals surface area (Å²) in [5.74, 6) is -2.09. The van der Waals surface area contributed by atoms with Gasteiger partial charge in [0, 0.05) is 33.4 Å². The van der Waals surface area contributed by atoms with E-state index in [1.807, 2.05) is 18.2 Å². The minimum Gasteiger partial charge on any atom is -0.475 e. The molecule has 1 aromatic heterocycles.